The summed E-state index contributed by atoms with van der Waals surface area (Å²) >= 11 is 0. The molecule has 0 saturated heterocycles. The number of nitrogens with one attached hydrogen (secondary N) is 1. The Hall–Kier alpha value is -0.380. The van der Waals surface area contributed by atoms with Crippen LogP contribution in [0, 0.1) is 0 Å². The van der Waals surface area contributed by atoms with Gasteiger partial charge in [-0.3, -0.25) is 0 Å². The molecule has 0 rings (SSSR count). The predicted molar refractivity (Wildman–Crippen MR) is 63.9 cm³/mol. The zero-order valence-electron chi connectivity index (χ0n) is 10.5. The van der Waals surface area contributed by atoms with E-state index in [4.69, 9.17) is 9.47 Å². The first kappa shape index (κ1) is 14.6. The highest BCUT2D eigenvalue weighted by Gasteiger charge is 2.19. The minimum Gasteiger partial charge on any atom is -0.354 e. The molecular weight excluding hydrogens is 190 g/mol. The topological polar surface area (TPSA) is 30.5 Å². The van der Waals surface area contributed by atoms with Gasteiger partial charge >= 0.3 is 0 Å². The number of rotatable bonds is 9. The first-order chi connectivity index (χ1) is 7.15. The largest absolute Gasteiger partial charge is 0.354 e. The molecule has 0 heterocycles. The van der Waals surface area contributed by atoms with E-state index in [0.29, 0.717) is 0 Å². The highest BCUT2D eigenvalue weighted by molar-refractivity contribution is 4.89. The van der Waals surface area contributed by atoms with Crippen molar-refractivity contribution in [3.8, 4) is 0 Å². The maximum Gasteiger partial charge on any atom is 0.171 e. The molecule has 0 spiro atoms. The Labute approximate surface area is 93.8 Å². The molecule has 0 amide bonds. The summed E-state index contributed by atoms with van der Waals surface area (Å²) in [7, 11) is 3.35. The first-order valence-corrected chi connectivity index (χ1v) is 5.59. The van der Waals surface area contributed by atoms with Crippen LogP contribution in [0.3, 0.4) is 0 Å². The summed E-state index contributed by atoms with van der Waals surface area (Å²) in [4.78, 5) is 0. The van der Waals surface area contributed by atoms with Crippen LogP contribution in [0.1, 0.15) is 33.1 Å². The van der Waals surface area contributed by atoms with E-state index in [-0.39, 0.29) is 12.3 Å². The molecule has 0 aliphatic carbocycles. The zero-order valence-corrected chi connectivity index (χ0v) is 10.5. The van der Waals surface area contributed by atoms with Crippen LogP contribution in [0.5, 0.6) is 0 Å². The summed E-state index contributed by atoms with van der Waals surface area (Å²) in [5, 5.41) is 3.44. The quantitative estimate of drug-likeness (QED) is 0.473. The standard InChI is InChI=1S/C12H25NO2/c1-6-9-13-11(8-7-10(2)3)12(14-4)15-5/h11-13H,2,6-9H2,1,3-5H3. The second-order valence-corrected chi connectivity index (χ2v) is 3.90. The predicted octanol–water partition coefficient (Wildman–Crippen LogP) is 2.33. The monoisotopic (exact) mass is 215 g/mol. The van der Waals surface area contributed by atoms with Crippen molar-refractivity contribution in [2.75, 3.05) is 20.8 Å². The van der Waals surface area contributed by atoms with E-state index in [2.05, 4.69) is 18.8 Å². The molecule has 0 aromatic rings. The SMILES string of the molecule is C=C(C)CCC(NCCC)C(OC)OC. The molecule has 3 heteroatoms. The lowest BCUT2D eigenvalue weighted by atomic mass is 10.1. The fourth-order valence-corrected chi connectivity index (χ4v) is 1.49. The molecule has 1 atom stereocenters. The third-order valence-electron chi connectivity index (χ3n) is 2.33. The molecule has 90 valence electrons. The van der Waals surface area contributed by atoms with Crippen molar-refractivity contribution in [2.45, 2.75) is 45.4 Å². The van der Waals surface area contributed by atoms with Gasteiger partial charge in [-0.15, -0.1) is 6.58 Å². The fraction of sp³-hybridized carbons (Fsp3) is 0.833. The molecule has 0 saturated carbocycles. The van der Waals surface area contributed by atoms with Crippen molar-refractivity contribution >= 4 is 0 Å². The summed E-state index contributed by atoms with van der Waals surface area (Å²) < 4.78 is 10.6. The van der Waals surface area contributed by atoms with Crippen molar-refractivity contribution in [3.05, 3.63) is 12.2 Å². The number of methoxy groups -OCH3 is 2. The second kappa shape index (κ2) is 8.89. The van der Waals surface area contributed by atoms with E-state index in [1.54, 1.807) is 14.2 Å². The van der Waals surface area contributed by atoms with Crippen LogP contribution >= 0.6 is 0 Å². The summed E-state index contributed by atoms with van der Waals surface area (Å²) in [6.45, 7) is 9.10. The van der Waals surface area contributed by atoms with E-state index in [1.807, 2.05) is 6.92 Å². The first-order valence-electron chi connectivity index (χ1n) is 5.59. The van der Waals surface area contributed by atoms with Crippen molar-refractivity contribution < 1.29 is 9.47 Å². The van der Waals surface area contributed by atoms with Crippen LogP contribution < -0.4 is 5.32 Å². The third kappa shape index (κ3) is 6.66. The van der Waals surface area contributed by atoms with Gasteiger partial charge in [0.05, 0.1) is 6.04 Å². The smallest absolute Gasteiger partial charge is 0.171 e. The molecule has 0 aromatic carbocycles. The molecule has 0 bridgehead atoms. The maximum absolute atomic E-state index is 5.28. The molecule has 0 radical (unpaired) electrons. The normalized spacial score (nSPS) is 13.1. The van der Waals surface area contributed by atoms with Gasteiger partial charge in [0, 0.05) is 14.2 Å². The molecule has 0 aliphatic heterocycles. The molecule has 1 unspecified atom stereocenters. The molecule has 0 fully saturated rings. The average Bonchev–Trinajstić information content (AvgIpc) is 2.22. The van der Waals surface area contributed by atoms with Gasteiger partial charge < -0.3 is 14.8 Å². The van der Waals surface area contributed by atoms with Crippen molar-refractivity contribution in [1.29, 1.82) is 0 Å². The number of hydrogen-bond acceptors (Lipinski definition) is 3. The Kier molecular flexibility index (Phi) is 8.67. The Morgan fingerprint density at radius 1 is 1.33 bits per heavy atom. The van der Waals surface area contributed by atoms with Gasteiger partial charge in [0.1, 0.15) is 0 Å². The lowest BCUT2D eigenvalue weighted by Gasteiger charge is -2.25. The summed E-state index contributed by atoms with van der Waals surface area (Å²) in [6.07, 6.45) is 2.95. The minimum absolute atomic E-state index is 0.170. The number of ether oxygens (including phenoxy) is 2. The molecule has 1 N–H and O–H groups in total. The van der Waals surface area contributed by atoms with Gasteiger partial charge in [-0.25, -0.2) is 0 Å². The van der Waals surface area contributed by atoms with Gasteiger partial charge in [-0.05, 0) is 32.7 Å². The van der Waals surface area contributed by atoms with Crippen LogP contribution in [0.15, 0.2) is 12.2 Å². The summed E-state index contributed by atoms with van der Waals surface area (Å²) in [5.74, 6) is 0. The zero-order chi connectivity index (χ0) is 11.7. The Morgan fingerprint density at radius 2 is 1.93 bits per heavy atom. The van der Waals surface area contributed by atoms with Crippen LogP contribution in [0.4, 0.5) is 0 Å². The maximum atomic E-state index is 5.28. The van der Waals surface area contributed by atoms with Crippen LogP contribution in [-0.4, -0.2) is 33.1 Å². The van der Waals surface area contributed by atoms with Gasteiger partial charge in [0.25, 0.3) is 0 Å². The molecule has 0 aromatic heterocycles. The lowest BCUT2D eigenvalue weighted by Crippen LogP contribution is -2.42. The van der Waals surface area contributed by atoms with Crippen molar-refractivity contribution in [2.24, 2.45) is 0 Å². The third-order valence-corrected chi connectivity index (χ3v) is 2.33. The van der Waals surface area contributed by atoms with E-state index in [0.717, 1.165) is 25.8 Å². The molecule has 3 nitrogen and oxygen atoms in total. The molecule has 15 heavy (non-hydrogen) atoms. The minimum atomic E-state index is -0.170. The van der Waals surface area contributed by atoms with Crippen LogP contribution in [0.25, 0.3) is 0 Å². The van der Waals surface area contributed by atoms with Gasteiger partial charge in [0.15, 0.2) is 6.29 Å². The lowest BCUT2D eigenvalue weighted by molar-refractivity contribution is -0.123. The van der Waals surface area contributed by atoms with Crippen molar-refractivity contribution in [3.63, 3.8) is 0 Å². The van der Waals surface area contributed by atoms with Gasteiger partial charge in [-0.2, -0.15) is 0 Å². The van der Waals surface area contributed by atoms with E-state index in [9.17, 15) is 0 Å². The van der Waals surface area contributed by atoms with Gasteiger partial charge in [0.2, 0.25) is 0 Å². The molecule has 0 aliphatic rings. The Morgan fingerprint density at radius 3 is 2.33 bits per heavy atom. The van der Waals surface area contributed by atoms with Gasteiger partial charge in [-0.1, -0.05) is 12.5 Å². The number of hydrogen-bond donors (Lipinski definition) is 1. The van der Waals surface area contributed by atoms with E-state index >= 15 is 0 Å². The summed E-state index contributed by atoms with van der Waals surface area (Å²) in [5.41, 5.74) is 1.20. The highest BCUT2D eigenvalue weighted by Crippen LogP contribution is 2.10. The van der Waals surface area contributed by atoms with Crippen LogP contribution in [0.2, 0.25) is 0 Å². The number of allylic oxidation sites excluding steroid dienone is 1. The molecular formula is C12H25NO2. The van der Waals surface area contributed by atoms with Crippen molar-refractivity contribution in [1.82, 2.24) is 5.32 Å². The second-order valence-electron chi connectivity index (χ2n) is 3.90. The van der Waals surface area contributed by atoms with E-state index in [1.165, 1.54) is 5.57 Å². The Bertz CT molecular complexity index is 167. The van der Waals surface area contributed by atoms with Crippen LogP contribution in [-0.2, 0) is 9.47 Å². The summed E-state index contributed by atoms with van der Waals surface area (Å²) in [6, 6.07) is 0.247. The Balaban J connectivity index is 4.08. The fourth-order valence-electron chi connectivity index (χ4n) is 1.49. The van der Waals surface area contributed by atoms with E-state index < -0.39 is 0 Å². The average molecular weight is 215 g/mol. The highest BCUT2D eigenvalue weighted by atomic mass is 16.7.